The van der Waals surface area contributed by atoms with Crippen molar-refractivity contribution >= 4 is 33.3 Å². The summed E-state index contributed by atoms with van der Waals surface area (Å²) in [5.41, 5.74) is 0.815. The summed E-state index contributed by atoms with van der Waals surface area (Å²) in [6.45, 7) is 0. The normalized spacial score (nSPS) is 10.9. The molecule has 0 spiro atoms. The van der Waals surface area contributed by atoms with Gasteiger partial charge in [-0.05, 0) is 12.1 Å². The van der Waals surface area contributed by atoms with Gasteiger partial charge >= 0.3 is 29.6 Å². The summed E-state index contributed by atoms with van der Waals surface area (Å²) in [6.07, 6.45) is 1.00. The Hall–Kier alpha value is -0.210. The van der Waals surface area contributed by atoms with Gasteiger partial charge in [0.05, 0.1) is 15.7 Å². The van der Waals surface area contributed by atoms with E-state index in [-0.39, 0.29) is 35.3 Å². The van der Waals surface area contributed by atoms with Crippen molar-refractivity contribution in [3.63, 3.8) is 0 Å². The molecule has 5 nitrogen and oxygen atoms in total. The molecule has 0 aliphatic rings. The van der Waals surface area contributed by atoms with E-state index in [0.717, 1.165) is 12.4 Å². The van der Waals surface area contributed by atoms with Crippen molar-refractivity contribution in [1.82, 2.24) is 9.97 Å². The van der Waals surface area contributed by atoms with Gasteiger partial charge in [-0.2, -0.15) is 0 Å². The molecule has 0 saturated carbocycles. The van der Waals surface area contributed by atoms with Gasteiger partial charge in [0, 0.05) is 11.6 Å². The third kappa shape index (κ3) is 4.13. The maximum Gasteiger partial charge on any atom is 1.00 e. The molecule has 1 heterocycles. The molecule has 19 heavy (non-hydrogen) atoms. The van der Waals surface area contributed by atoms with Crippen LogP contribution in [-0.4, -0.2) is 22.9 Å². The average Bonchev–Trinajstić information content (AvgIpc) is 2.32. The van der Waals surface area contributed by atoms with Gasteiger partial charge in [0.15, 0.2) is 0 Å². The molecule has 0 aliphatic heterocycles. The number of benzene rings is 1. The fourth-order valence-electron chi connectivity index (χ4n) is 1.29. The number of hydrogen-bond acceptors (Lipinski definition) is 5. The van der Waals surface area contributed by atoms with E-state index in [1.165, 1.54) is 6.07 Å². The van der Waals surface area contributed by atoms with E-state index in [1.54, 1.807) is 12.1 Å². The van der Waals surface area contributed by atoms with Gasteiger partial charge in [0.25, 0.3) is 0 Å². The third-order valence-electron chi connectivity index (χ3n) is 2.11. The summed E-state index contributed by atoms with van der Waals surface area (Å²) in [4.78, 5) is 7.28. The van der Waals surface area contributed by atoms with Crippen LogP contribution < -0.4 is 29.6 Å². The Labute approximate surface area is 142 Å². The Kier molecular flexibility index (Phi) is 5.76. The van der Waals surface area contributed by atoms with Crippen molar-refractivity contribution in [2.45, 2.75) is 5.03 Å². The molecule has 0 fully saturated rings. The first-order valence-corrected chi connectivity index (χ1v) is 6.78. The standard InChI is InChI=1S/C10H6Cl2N2O3S.Na/c11-7-2-1-6(3-8(7)12)9-4-10(14-5-13-9)18(15,16)17;/h1-5H,(H,15,16,17);/q;+1/p-1. The quantitative estimate of drug-likeness (QED) is 0.416. The van der Waals surface area contributed by atoms with Crippen LogP contribution in [0.2, 0.25) is 10.0 Å². The fraction of sp³-hybridized carbons (Fsp3) is 0. The summed E-state index contributed by atoms with van der Waals surface area (Å²) in [6, 6.07) is 5.76. The van der Waals surface area contributed by atoms with Gasteiger partial charge in [-0.3, -0.25) is 0 Å². The molecule has 1 aromatic heterocycles. The molecule has 2 aromatic rings. The Morgan fingerprint density at radius 2 is 1.74 bits per heavy atom. The van der Waals surface area contributed by atoms with Gasteiger partial charge < -0.3 is 4.55 Å². The molecule has 2 rings (SSSR count). The van der Waals surface area contributed by atoms with Gasteiger partial charge in [0.2, 0.25) is 0 Å². The van der Waals surface area contributed by atoms with Crippen molar-refractivity contribution in [3.05, 3.63) is 40.6 Å². The van der Waals surface area contributed by atoms with Gasteiger partial charge in [0.1, 0.15) is 21.5 Å². The zero-order valence-corrected chi connectivity index (χ0v) is 14.0. The van der Waals surface area contributed by atoms with E-state index in [1.807, 2.05) is 0 Å². The zero-order chi connectivity index (χ0) is 13.3. The fourth-order valence-corrected chi connectivity index (χ4v) is 2.02. The van der Waals surface area contributed by atoms with E-state index >= 15 is 0 Å². The van der Waals surface area contributed by atoms with Crippen molar-refractivity contribution in [2.75, 3.05) is 0 Å². The topological polar surface area (TPSA) is 83.0 Å². The Morgan fingerprint density at radius 3 is 2.32 bits per heavy atom. The smallest absolute Gasteiger partial charge is 0.743 e. The molecule has 94 valence electrons. The maximum absolute atomic E-state index is 10.8. The molecule has 9 heteroatoms. The van der Waals surface area contributed by atoms with Gasteiger partial charge in [-0.1, -0.05) is 29.3 Å². The maximum atomic E-state index is 10.8. The summed E-state index contributed by atoms with van der Waals surface area (Å²) in [7, 11) is -4.61. The van der Waals surface area contributed by atoms with Crippen LogP contribution in [-0.2, 0) is 10.1 Å². The van der Waals surface area contributed by atoms with Gasteiger partial charge in [-0.15, -0.1) is 0 Å². The SMILES string of the molecule is O=S(=O)([O-])c1cc(-c2ccc(Cl)c(Cl)c2)ncn1.[Na+]. The third-order valence-corrected chi connectivity index (χ3v) is 3.59. The first kappa shape index (κ1) is 16.8. The second-order valence-corrected chi connectivity index (χ2v) is 5.47. The van der Waals surface area contributed by atoms with Crippen molar-refractivity contribution in [2.24, 2.45) is 0 Å². The Bertz CT molecular complexity index is 710. The average molecular weight is 327 g/mol. The molecule has 0 saturated heterocycles. The summed E-state index contributed by atoms with van der Waals surface area (Å²) < 4.78 is 32.5. The zero-order valence-electron chi connectivity index (χ0n) is 9.67. The van der Waals surface area contributed by atoms with Crippen LogP contribution in [0.15, 0.2) is 35.6 Å². The number of rotatable bonds is 2. The van der Waals surface area contributed by atoms with Crippen LogP contribution in [0.25, 0.3) is 11.3 Å². The molecular formula is C10H5Cl2N2NaO3S. The summed E-state index contributed by atoms with van der Waals surface area (Å²) in [5.74, 6) is 0. The second kappa shape index (κ2) is 6.49. The molecule has 0 radical (unpaired) electrons. The van der Waals surface area contributed by atoms with E-state index in [9.17, 15) is 13.0 Å². The minimum absolute atomic E-state index is 0. The molecule has 0 atom stereocenters. The molecule has 0 N–H and O–H groups in total. The molecular weight excluding hydrogens is 322 g/mol. The van der Waals surface area contributed by atoms with E-state index in [4.69, 9.17) is 23.2 Å². The van der Waals surface area contributed by atoms with E-state index in [2.05, 4.69) is 9.97 Å². The monoisotopic (exact) mass is 326 g/mol. The minimum Gasteiger partial charge on any atom is -0.743 e. The van der Waals surface area contributed by atoms with Crippen LogP contribution in [0, 0.1) is 0 Å². The summed E-state index contributed by atoms with van der Waals surface area (Å²) in [5, 5.41) is 0.0871. The Morgan fingerprint density at radius 1 is 1.05 bits per heavy atom. The van der Waals surface area contributed by atoms with Crippen LogP contribution >= 0.6 is 23.2 Å². The number of halogens is 2. The second-order valence-electron chi connectivity index (χ2n) is 3.32. The van der Waals surface area contributed by atoms with Crippen molar-refractivity contribution in [3.8, 4) is 11.3 Å². The van der Waals surface area contributed by atoms with E-state index in [0.29, 0.717) is 15.6 Å². The number of nitrogens with zero attached hydrogens (tertiary/aromatic N) is 2. The van der Waals surface area contributed by atoms with Crippen molar-refractivity contribution in [1.29, 1.82) is 0 Å². The minimum atomic E-state index is -4.61. The van der Waals surface area contributed by atoms with Gasteiger partial charge in [-0.25, -0.2) is 18.4 Å². The predicted molar refractivity (Wildman–Crippen MR) is 65.5 cm³/mol. The molecule has 0 aliphatic carbocycles. The van der Waals surface area contributed by atoms with E-state index < -0.39 is 15.1 Å². The number of aromatic nitrogens is 2. The first-order chi connectivity index (χ1) is 8.38. The molecule has 0 unspecified atom stereocenters. The summed E-state index contributed by atoms with van der Waals surface area (Å²) >= 11 is 11.6. The van der Waals surface area contributed by atoms with Crippen LogP contribution in [0.5, 0.6) is 0 Å². The van der Waals surface area contributed by atoms with Crippen LogP contribution in [0.4, 0.5) is 0 Å². The first-order valence-electron chi connectivity index (χ1n) is 4.61. The van der Waals surface area contributed by atoms with Crippen LogP contribution in [0.3, 0.4) is 0 Å². The predicted octanol–water partition coefficient (Wildman–Crippen LogP) is -0.641. The van der Waals surface area contributed by atoms with Crippen molar-refractivity contribution < 1.29 is 42.5 Å². The molecule has 1 aromatic carbocycles. The Balaban J connectivity index is 0.00000180. The number of hydrogen-bond donors (Lipinski definition) is 0. The largest absolute Gasteiger partial charge is 1.00 e. The van der Waals surface area contributed by atoms with Crippen LogP contribution in [0.1, 0.15) is 0 Å². The molecule has 0 amide bonds. The molecule has 0 bridgehead atoms.